The lowest BCUT2D eigenvalue weighted by Crippen LogP contribution is -1.98. The van der Waals surface area contributed by atoms with E-state index >= 15 is 0 Å². The molecule has 0 atom stereocenters. The standard InChI is InChI=1S/C12H8BrClF2N2/c13-7-2-1-6(15)3-11(7)18-12-5-9(16)8(14)4-10(12)17/h1-5,18H,17H2. The summed E-state index contributed by atoms with van der Waals surface area (Å²) in [6, 6.07) is 6.58. The molecule has 0 saturated carbocycles. The monoisotopic (exact) mass is 332 g/mol. The predicted molar refractivity (Wildman–Crippen MR) is 73.2 cm³/mol. The first-order valence-electron chi connectivity index (χ1n) is 4.94. The van der Waals surface area contributed by atoms with E-state index in [0.29, 0.717) is 15.8 Å². The molecular weight excluding hydrogens is 325 g/mol. The van der Waals surface area contributed by atoms with Crippen LogP contribution in [0.25, 0.3) is 0 Å². The van der Waals surface area contributed by atoms with Gasteiger partial charge in [0.2, 0.25) is 0 Å². The highest BCUT2D eigenvalue weighted by atomic mass is 79.9. The van der Waals surface area contributed by atoms with Gasteiger partial charge in [-0.05, 0) is 40.2 Å². The zero-order chi connectivity index (χ0) is 13.3. The Morgan fingerprint density at radius 1 is 1.11 bits per heavy atom. The summed E-state index contributed by atoms with van der Waals surface area (Å²) in [6.45, 7) is 0. The second kappa shape index (κ2) is 5.12. The van der Waals surface area contributed by atoms with Crippen molar-refractivity contribution in [1.82, 2.24) is 0 Å². The number of hydrogen-bond donors (Lipinski definition) is 2. The van der Waals surface area contributed by atoms with Crippen molar-refractivity contribution in [3.05, 3.63) is 51.5 Å². The van der Waals surface area contributed by atoms with Gasteiger partial charge in [0.05, 0.1) is 22.1 Å². The van der Waals surface area contributed by atoms with Crippen molar-refractivity contribution >= 4 is 44.6 Å². The topological polar surface area (TPSA) is 38.0 Å². The van der Waals surface area contributed by atoms with Crippen LogP contribution in [0.4, 0.5) is 25.8 Å². The molecule has 0 radical (unpaired) electrons. The lowest BCUT2D eigenvalue weighted by Gasteiger charge is -2.11. The smallest absolute Gasteiger partial charge is 0.144 e. The summed E-state index contributed by atoms with van der Waals surface area (Å²) in [5.74, 6) is -1.01. The molecule has 6 heteroatoms. The van der Waals surface area contributed by atoms with E-state index in [1.165, 1.54) is 18.2 Å². The molecule has 0 unspecified atom stereocenters. The van der Waals surface area contributed by atoms with Gasteiger partial charge in [-0.2, -0.15) is 0 Å². The number of hydrogen-bond acceptors (Lipinski definition) is 2. The maximum absolute atomic E-state index is 13.3. The van der Waals surface area contributed by atoms with Gasteiger partial charge in [-0.25, -0.2) is 8.78 Å². The van der Waals surface area contributed by atoms with Crippen molar-refractivity contribution in [3.8, 4) is 0 Å². The molecule has 0 saturated heterocycles. The molecule has 0 aliphatic heterocycles. The van der Waals surface area contributed by atoms with Crippen LogP contribution >= 0.6 is 27.5 Å². The van der Waals surface area contributed by atoms with E-state index in [9.17, 15) is 8.78 Å². The van der Waals surface area contributed by atoms with Crippen LogP contribution in [0.2, 0.25) is 5.02 Å². The van der Waals surface area contributed by atoms with Crippen LogP contribution in [-0.2, 0) is 0 Å². The Bertz CT molecular complexity index is 605. The summed E-state index contributed by atoms with van der Waals surface area (Å²) in [7, 11) is 0. The summed E-state index contributed by atoms with van der Waals surface area (Å²) in [5.41, 5.74) is 6.75. The fourth-order valence-corrected chi connectivity index (χ4v) is 1.93. The van der Waals surface area contributed by atoms with Gasteiger partial charge >= 0.3 is 0 Å². The Hall–Kier alpha value is -1.33. The molecule has 0 bridgehead atoms. The first kappa shape index (κ1) is 13.1. The largest absolute Gasteiger partial charge is 0.397 e. The number of benzene rings is 2. The van der Waals surface area contributed by atoms with Crippen molar-refractivity contribution in [3.63, 3.8) is 0 Å². The Morgan fingerprint density at radius 2 is 1.83 bits per heavy atom. The minimum atomic E-state index is -0.596. The average Bonchev–Trinajstić information content (AvgIpc) is 2.30. The van der Waals surface area contributed by atoms with Crippen LogP contribution in [0.1, 0.15) is 0 Å². The first-order chi connectivity index (χ1) is 8.47. The Balaban J connectivity index is 2.40. The van der Waals surface area contributed by atoms with Crippen molar-refractivity contribution in [2.75, 3.05) is 11.1 Å². The van der Waals surface area contributed by atoms with Gasteiger partial charge in [-0.15, -0.1) is 0 Å². The molecule has 0 amide bonds. The minimum absolute atomic E-state index is 0.0589. The average molecular weight is 334 g/mol. The molecule has 2 aromatic carbocycles. The summed E-state index contributed by atoms with van der Waals surface area (Å²) in [4.78, 5) is 0. The number of rotatable bonds is 2. The van der Waals surface area contributed by atoms with Gasteiger partial charge in [-0.1, -0.05) is 11.6 Å². The molecule has 2 rings (SSSR count). The molecule has 0 fully saturated rings. The summed E-state index contributed by atoms with van der Waals surface area (Å²) in [5, 5.41) is 2.78. The van der Waals surface area contributed by atoms with Crippen LogP contribution in [0, 0.1) is 11.6 Å². The van der Waals surface area contributed by atoms with E-state index in [4.69, 9.17) is 17.3 Å². The highest BCUT2D eigenvalue weighted by Gasteiger charge is 2.08. The van der Waals surface area contributed by atoms with Gasteiger partial charge in [0.1, 0.15) is 11.6 Å². The molecular formula is C12H8BrClF2N2. The fraction of sp³-hybridized carbons (Fsp3) is 0. The van der Waals surface area contributed by atoms with Crippen LogP contribution in [0.3, 0.4) is 0 Å². The van der Waals surface area contributed by atoms with E-state index in [1.807, 2.05) is 0 Å². The molecule has 0 spiro atoms. The number of halogens is 4. The first-order valence-corrected chi connectivity index (χ1v) is 6.11. The quantitative estimate of drug-likeness (QED) is 0.781. The second-order valence-electron chi connectivity index (χ2n) is 3.60. The Morgan fingerprint density at radius 3 is 2.56 bits per heavy atom. The van der Waals surface area contributed by atoms with Crippen molar-refractivity contribution < 1.29 is 8.78 Å². The van der Waals surface area contributed by atoms with E-state index in [2.05, 4.69) is 21.2 Å². The van der Waals surface area contributed by atoms with Gasteiger partial charge < -0.3 is 11.1 Å². The van der Waals surface area contributed by atoms with Crippen molar-refractivity contribution in [2.45, 2.75) is 0 Å². The molecule has 0 heterocycles. The molecule has 2 nitrogen and oxygen atoms in total. The third-order valence-corrected chi connectivity index (χ3v) is 3.27. The van der Waals surface area contributed by atoms with E-state index < -0.39 is 11.6 Å². The van der Waals surface area contributed by atoms with Crippen LogP contribution in [-0.4, -0.2) is 0 Å². The molecule has 0 aromatic heterocycles. The van der Waals surface area contributed by atoms with E-state index in [1.54, 1.807) is 6.07 Å². The maximum Gasteiger partial charge on any atom is 0.144 e. The second-order valence-corrected chi connectivity index (χ2v) is 4.86. The number of nitrogens with two attached hydrogens (primary N) is 1. The van der Waals surface area contributed by atoms with Gasteiger partial charge in [0.25, 0.3) is 0 Å². The SMILES string of the molecule is Nc1cc(Cl)c(F)cc1Nc1cc(F)ccc1Br. The molecule has 3 N–H and O–H groups in total. The normalized spacial score (nSPS) is 10.4. The van der Waals surface area contributed by atoms with Crippen LogP contribution in [0.15, 0.2) is 34.8 Å². The lowest BCUT2D eigenvalue weighted by molar-refractivity contribution is 0.628. The van der Waals surface area contributed by atoms with Crippen molar-refractivity contribution in [2.24, 2.45) is 0 Å². The van der Waals surface area contributed by atoms with Crippen LogP contribution in [0.5, 0.6) is 0 Å². The fourth-order valence-electron chi connectivity index (χ4n) is 1.41. The Labute approximate surface area is 116 Å². The van der Waals surface area contributed by atoms with Gasteiger partial charge in [0, 0.05) is 10.5 Å². The van der Waals surface area contributed by atoms with E-state index in [-0.39, 0.29) is 10.7 Å². The third kappa shape index (κ3) is 2.73. The molecule has 94 valence electrons. The highest BCUT2D eigenvalue weighted by molar-refractivity contribution is 9.10. The predicted octanol–water partition coefficient (Wildman–Crippen LogP) is 4.71. The Kier molecular flexibility index (Phi) is 3.73. The van der Waals surface area contributed by atoms with E-state index in [0.717, 1.165) is 6.07 Å². The van der Waals surface area contributed by atoms with Gasteiger partial charge in [0.15, 0.2) is 0 Å². The number of anilines is 3. The summed E-state index contributed by atoms with van der Waals surface area (Å²) < 4.78 is 27.1. The summed E-state index contributed by atoms with van der Waals surface area (Å²) in [6.07, 6.45) is 0. The summed E-state index contributed by atoms with van der Waals surface area (Å²) >= 11 is 8.85. The minimum Gasteiger partial charge on any atom is -0.397 e. The molecule has 2 aromatic rings. The van der Waals surface area contributed by atoms with Gasteiger partial charge in [-0.3, -0.25) is 0 Å². The number of nitrogens with one attached hydrogen (secondary N) is 1. The molecule has 0 aliphatic carbocycles. The third-order valence-electron chi connectivity index (χ3n) is 2.29. The lowest BCUT2D eigenvalue weighted by atomic mass is 10.2. The zero-order valence-electron chi connectivity index (χ0n) is 8.98. The maximum atomic E-state index is 13.3. The van der Waals surface area contributed by atoms with Crippen LogP contribution < -0.4 is 11.1 Å². The highest BCUT2D eigenvalue weighted by Crippen LogP contribution is 2.32. The molecule has 18 heavy (non-hydrogen) atoms. The van der Waals surface area contributed by atoms with Crippen molar-refractivity contribution in [1.29, 1.82) is 0 Å². The zero-order valence-corrected chi connectivity index (χ0v) is 11.3. The molecule has 0 aliphatic rings. The number of nitrogen functional groups attached to an aromatic ring is 1.